The molecule has 2 rings (SSSR count). The van der Waals surface area contributed by atoms with Crippen LogP contribution in [0.2, 0.25) is 6.04 Å². The van der Waals surface area contributed by atoms with Crippen molar-refractivity contribution in [1.82, 2.24) is 0 Å². The van der Waals surface area contributed by atoms with Crippen molar-refractivity contribution < 1.29 is 18.0 Å². The molecule has 0 atom stereocenters. The molecule has 0 bridgehead atoms. The maximum Gasteiger partial charge on any atom is 0.500 e. The summed E-state index contributed by atoms with van der Waals surface area (Å²) in [4.78, 5) is 0. The summed E-state index contributed by atoms with van der Waals surface area (Å²) in [6.45, 7) is 5.02. The largest absolute Gasteiger partial charge is 0.500 e. The Morgan fingerprint density at radius 2 is 1.59 bits per heavy atom. The monoisotopic (exact) mass is 420 g/mol. The fraction of sp³-hybridized carbons (Fsp3) is 0.667. The molecule has 0 spiro atoms. The number of hydrogen-bond donors (Lipinski definition) is 0. The highest BCUT2D eigenvalue weighted by Crippen LogP contribution is 2.38. The van der Waals surface area contributed by atoms with E-state index in [1.165, 1.54) is 49.7 Å². The van der Waals surface area contributed by atoms with Gasteiger partial charge in [0.2, 0.25) is 0 Å². The number of benzene rings is 1. The molecule has 0 unspecified atom stereocenters. The molecule has 0 aromatic heterocycles. The minimum atomic E-state index is -2.49. The molecule has 29 heavy (non-hydrogen) atoms. The molecule has 5 heteroatoms. The summed E-state index contributed by atoms with van der Waals surface area (Å²) in [7, 11) is 2.45. The first-order chi connectivity index (χ1) is 14.0. The molecule has 0 saturated heterocycles. The van der Waals surface area contributed by atoms with Gasteiger partial charge < -0.3 is 18.0 Å². The molecule has 1 fully saturated rings. The Balaban J connectivity index is 1.72. The van der Waals surface area contributed by atoms with Gasteiger partial charge in [0, 0.05) is 27.4 Å². The van der Waals surface area contributed by atoms with E-state index in [4.69, 9.17) is 18.0 Å². The third-order valence-corrected chi connectivity index (χ3v) is 8.99. The Kier molecular flexibility index (Phi) is 10.4. The van der Waals surface area contributed by atoms with Gasteiger partial charge in [-0.15, -0.1) is 0 Å². The summed E-state index contributed by atoms with van der Waals surface area (Å²) < 4.78 is 22.2. The van der Waals surface area contributed by atoms with Crippen molar-refractivity contribution >= 4 is 8.80 Å². The van der Waals surface area contributed by atoms with Gasteiger partial charge in [-0.05, 0) is 88.3 Å². The van der Waals surface area contributed by atoms with E-state index in [9.17, 15) is 0 Å². The van der Waals surface area contributed by atoms with Crippen LogP contribution >= 0.6 is 0 Å². The van der Waals surface area contributed by atoms with Crippen LogP contribution in [0.15, 0.2) is 35.9 Å². The minimum absolute atomic E-state index is 0.640. The van der Waals surface area contributed by atoms with Crippen LogP contribution in [0.3, 0.4) is 0 Å². The maximum atomic E-state index is 5.91. The minimum Gasteiger partial charge on any atom is -0.494 e. The van der Waals surface area contributed by atoms with E-state index < -0.39 is 8.80 Å². The third-order valence-electron chi connectivity index (χ3n) is 6.15. The van der Waals surface area contributed by atoms with Crippen LogP contribution in [0.4, 0.5) is 0 Å². The topological polar surface area (TPSA) is 36.9 Å². The zero-order valence-electron chi connectivity index (χ0n) is 19.0. The van der Waals surface area contributed by atoms with Crippen molar-refractivity contribution in [3.8, 4) is 5.75 Å². The van der Waals surface area contributed by atoms with E-state index in [0.717, 1.165) is 24.1 Å². The van der Waals surface area contributed by atoms with Crippen LogP contribution in [-0.4, -0.2) is 36.7 Å². The quantitative estimate of drug-likeness (QED) is 0.224. The molecule has 0 N–H and O–H groups in total. The van der Waals surface area contributed by atoms with Gasteiger partial charge in [0.25, 0.3) is 0 Å². The normalized spacial score (nSPS) is 19.8. The SMILES string of the molecule is CO[Si](CCCOc1ccc([C@H]2CC[C@H](CCC=C(C)C)CC2)cc1)(OC)OC. The molecule has 0 amide bonds. The van der Waals surface area contributed by atoms with Crippen molar-refractivity contribution in [3.63, 3.8) is 0 Å². The number of rotatable bonds is 12. The Labute approximate surface area is 179 Å². The predicted molar refractivity (Wildman–Crippen MR) is 122 cm³/mol. The summed E-state index contributed by atoms with van der Waals surface area (Å²) in [5.41, 5.74) is 2.91. The Morgan fingerprint density at radius 3 is 2.14 bits per heavy atom. The molecule has 1 aromatic rings. The smallest absolute Gasteiger partial charge is 0.494 e. The molecule has 1 aromatic carbocycles. The van der Waals surface area contributed by atoms with E-state index in [-0.39, 0.29) is 0 Å². The van der Waals surface area contributed by atoms with Gasteiger partial charge in [-0.1, -0.05) is 23.8 Å². The van der Waals surface area contributed by atoms with Crippen LogP contribution in [0.25, 0.3) is 0 Å². The number of ether oxygens (including phenoxy) is 1. The van der Waals surface area contributed by atoms with E-state index in [0.29, 0.717) is 12.5 Å². The molecule has 4 nitrogen and oxygen atoms in total. The van der Waals surface area contributed by atoms with Gasteiger partial charge in [-0.2, -0.15) is 0 Å². The van der Waals surface area contributed by atoms with Crippen LogP contribution < -0.4 is 4.74 Å². The van der Waals surface area contributed by atoms with Crippen molar-refractivity contribution in [2.45, 2.75) is 70.8 Å². The molecular formula is C24H40O4Si. The molecule has 0 heterocycles. The summed E-state index contributed by atoms with van der Waals surface area (Å²) >= 11 is 0. The van der Waals surface area contributed by atoms with Crippen molar-refractivity contribution in [3.05, 3.63) is 41.5 Å². The first kappa shape index (κ1) is 24.1. The average Bonchev–Trinajstić information content (AvgIpc) is 2.75. The second kappa shape index (κ2) is 12.5. The lowest BCUT2D eigenvalue weighted by molar-refractivity contribution is 0.121. The van der Waals surface area contributed by atoms with Crippen molar-refractivity contribution in [1.29, 1.82) is 0 Å². The summed E-state index contributed by atoms with van der Waals surface area (Å²) in [6.07, 6.45) is 11.2. The van der Waals surface area contributed by atoms with Crippen molar-refractivity contribution in [2.24, 2.45) is 5.92 Å². The van der Waals surface area contributed by atoms with E-state index in [1.54, 1.807) is 21.3 Å². The second-order valence-corrected chi connectivity index (χ2v) is 11.5. The molecule has 164 valence electrons. The van der Waals surface area contributed by atoms with Crippen LogP contribution in [0.1, 0.15) is 70.3 Å². The van der Waals surface area contributed by atoms with E-state index >= 15 is 0 Å². The van der Waals surface area contributed by atoms with Gasteiger partial charge in [0.15, 0.2) is 0 Å². The summed E-state index contributed by atoms with van der Waals surface area (Å²) in [6, 6.07) is 9.49. The highest BCUT2D eigenvalue weighted by atomic mass is 28.4. The first-order valence-electron chi connectivity index (χ1n) is 11.0. The van der Waals surface area contributed by atoms with E-state index in [2.05, 4.69) is 44.2 Å². The lowest BCUT2D eigenvalue weighted by Crippen LogP contribution is -2.42. The summed E-state index contributed by atoms with van der Waals surface area (Å²) in [5, 5.41) is 0. The van der Waals surface area contributed by atoms with Crippen LogP contribution in [0.5, 0.6) is 5.75 Å². The zero-order valence-corrected chi connectivity index (χ0v) is 20.0. The lowest BCUT2D eigenvalue weighted by atomic mass is 9.77. The summed E-state index contributed by atoms with van der Waals surface area (Å²) in [5.74, 6) is 2.55. The van der Waals surface area contributed by atoms with Gasteiger partial charge in [-0.3, -0.25) is 0 Å². The van der Waals surface area contributed by atoms with Gasteiger partial charge >= 0.3 is 8.80 Å². The van der Waals surface area contributed by atoms with Crippen LogP contribution in [0, 0.1) is 5.92 Å². The number of hydrogen-bond acceptors (Lipinski definition) is 4. The van der Waals surface area contributed by atoms with Crippen LogP contribution in [-0.2, 0) is 13.3 Å². The highest BCUT2D eigenvalue weighted by Gasteiger charge is 2.36. The van der Waals surface area contributed by atoms with E-state index in [1.807, 2.05) is 0 Å². The molecule has 1 aliphatic carbocycles. The van der Waals surface area contributed by atoms with Gasteiger partial charge in [0.05, 0.1) is 6.61 Å². The average molecular weight is 421 g/mol. The molecule has 0 aliphatic heterocycles. The van der Waals surface area contributed by atoms with Gasteiger partial charge in [-0.25, -0.2) is 0 Å². The Morgan fingerprint density at radius 1 is 0.966 bits per heavy atom. The second-order valence-electron chi connectivity index (χ2n) is 8.39. The van der Waals surface area contributed by atoms with Gasteiger partial charge in [0.1, 0.15) is 5.75 Å². The predicted octanol–water partition coefficient (Wildman–Crippen LogP) is 6.35. The Bertz CT molecular complexity index is 590. The molecule has 1 aliphatic rings. The third kappa shape index (κ3) is 7.89. The number of allylic oxidation sites excluding steroid dienone is 2. The fourth-order valence-electron chi connectivity index (χ4n) is 4.26. The fourth-order valence-corrected chi connectivity index (χ4v) is 5.95. The molecular weight excluding hydrogens is 380 g/mol. The van der Waals surface area contributed by atoms with Crippen molar-refractivity contribution in [2.75, 3.05) is 27.9 Å². The maximum absolute atomic E-state index is 5.91. The zero-order chi connectivity index (χ0) is 21.1. The Hall–Kier alpha value is -1.14. The highest BCUT2D eigenvalue weighted by molar-refractivity contribution is 6.60. The molecule has 1 saturated carbocycles. The first-order valence-corrected chi connectivity index (χ1v) is 13.0. The standard InChI is InChI=1S/C24H40O4Si/c1-20(2)8-6-9-21-10-12-22(13-11-21)23-14-16-24(17-15-23)28-18-7-19-29(25-3,26-4)27-5/h8,14-17,21-22H,6-7,9-13,18-19H2,1-5H3/t21-,22-. The lowest BCUT2D eigenvalue weighted by Gasteiger charge is -2.28. The molecule has 0 radical (unpaired) electrons.